The first kappa shape index (κ1) is 19.3. The second-order valence-corrected chi connectivity index (χ2v) is 13.1. The average molecular weight is 368 g/mol. The quantitative estimate of drug-likeness (QED) is 0.822. The van der Waals surface area contributed by atoms with E-state index < -0.39 is 8.32 Å². The highest BCUT2D eigenvalue weighted by Gasteiger charge is 2.53. The predicted octanol–water partition coefficient (Wildman–Crippen LogP) is 4.10. The van der Waals surface area contributed by atoms with Crippen molar-refractivity contribution in [3.05, 3.63) is 60.7 Å². The molecule has 1 N–H and O–H groups in total. The molecular formula is C23H33NOSi. The van der Waals surface area contributed by atoms with Gasteiger partial charge in [0.1, 0.15) is 0 Å². The summed E-state index contributed by atoms with van der Waals surface area (Å²) in [4.78, 5) is 0. The molecule has 0 bridgehead atoms. The summed E-state index contributed by atoms with van der Waals surface area (Å²) in [7, 11) is -2.47. The van der Waals surface area contributed by atoms with E-state index in [1.165, 1.54) is 23.2 Å². The van der Waals surface area contributed by atoms with Crippen LogP contribution in [0.3, 0.4) is 0 Å². The van der Waals surface area contributed by atoms with Gasteiger partial charge in [0.25, 0.3) is 8.32 Å². The number of hydrogen-bond acceptors (Lipinski definition) is 2. The summed E-state index contributed by atoms with van der Waals surface area (Å²) in [5, 5.41) is 6.37. The zero-order chi connectivity index (χ0) is 18.7. The Morgan fingerprint density at radius 2 is 1.42 bits per heavy atom. The van der Waals surface area contributed by atoms with Crippen LogP contribution in [0.25, 0.3) is 0 Å². The maximum absolute atomic E-state index is 7.36. The van der Waals surface area contributed by atoms with Gasteiger partial charge in [0.15, 0.2) is 0 Å². The lowest BCUT2D eigenvalue weighted by Crippen LogP contribution is -2.70. The summed E-state index contributed by atoms with van der Waals surface area (Å²) in [6, 6.07) is 21.9. The molecule has 1 saturated heterocycles. The Labute approximate surface area is 160 Å². The van der Waals surface area contributed by atoms with Gasteiger partial charge < -0.3 is 9.74 Å². The Morgan fingerprint density at radius 3 is 1.92 bits per heavy atom. The first-order valence-electron chi connectivity index (χ1n) is 9.89. The molecule has 1 aliphatic heterocycles. The van der Waals surface area contributed by atoms with Gasteiger partial charge >= 0.3 is 0 Å². The van der Waals surface area contributed by atoms with Crippen molar-refractivity contribution >= 4 is 18.7 Å². The molecule has 0 saturated carbocycles. The van der Waals surface area contributed by atoms with Crippen LogP contribution in [0.15, 0.2) is 60.7 Å². The summed E-state index contributed by atoms with van der Waals surface area (Å²) < 4.78 is 7.36. The van der Waals surface area contributed by atoms with Crippen LogP contribution in [0.5, 0.6) is 0 Å². The van der Waals surface area contributed by atoms with Crippen molar-refractivity contribution in [3.8, 4) is 0 Å². The number of nitrogens with one attached hydrogen (secondary N) is 1. The van der Waals surface area contributed by atoms with Crippen molar-refractivity contribution in [1.29, 1.82) is 0 Å². The van der Waals surface area contributed by atoms with Crippen molar-refractivity contribution in [2.24, 2.45) is 0 Å². The molecule has 0 aliphatic carbocycles. The lowest BCUT2D eigenvalue weighted by atomic mass is 10.0. The van der Waals surface area contributed by atoms with Gasteiger partial charge in [-0.25, -0.2) is 0 Å². The summed E-state index contributed by atoms with van der Waals surface area (Å²) in [6.07, 6.45) is 3.58. The summed E-state index contributed by atoms with van der Waals surface area (Å²) in [5.74, 6) is 0. The molecule has 1 fully saturated rings. The smallest absolute Gasteiger partial charge is 0.261 e. The van der Waals surface area contributed by atoms with Crippen LogP contribution in [-0.4, -0.2) is 27.0 Å². The van der Waals surface area contributed by atoms with E-state index in [0.717, 1.165) is 19.5 Å². The molecule has 0 amide bonds. The van der Waals surface area contributed by atoms with E-state index in [1.54, 1.807) is 0 Å². The van der Waals surface area contributed by atoms with E-state index in [2.05, 4.69) is 93.7 Å². The molecule has 2 aromatic rings. The van der Waals surface area contributed by atoms with Crippen LogP contribution in [-0.2, 0) is 4.43 Å². The molecule has 0 aromatic heterocycles. The fraction of sp³-hybridized carbons (Fsp3) is 0.478. The van der Waals surface area contributed by atoms with Crippen molar-refractivity contribution in [2.45, 2.75) is 57.6 Å². The largest absolute Gasteiger partial charge is 0.401 e. The first-order chi connectivity index (χ1) is 12.4. The topological polar surface area (TPSA) is 21.3 Å². The van der Waals surface area contributed by atoms with Crippen molar-refractivity contribution in [3.63, 3.8) is 0 Å². The maximum atomic E-state index is 7.36. The second-order valence-electron chi connectivity index (χ2n) is 8.85. The van der Waals surface area contributed by atoms with E-state index in [1.807, 2.05) is 0 Å². The van der Waals surface area contributed by atoms with E-state index in [0.29, 0.717) is 0 Å². The van der Waals surface area contributed by atoms with Gasteiger partial charge in [0.2, 0.25) is 0 Å². The fourth-order valence-electron chi connectivity index (χ4n) is 4.30. The number of rotatable bonds is 4. The lowest BCUT2D eigenvalue weighted by molar-refractivity contribution is 0.0723. The van der Waals surface area contributed by atoms with Crippen LogP contribution >= 0.6 is 0 Å². The van der Waals surface area contributed by atoms with E-state index in [4.69, 9.17) is 4.43 Å². The zero-order valence-corrected chi connectivity index (χ0v) is 17.7. The summed E-state index contributed by atoms with van der Waals surface area (Å²) in [6.45, 7) is 11.4. The fourth-order valence-corrected chi connectivity index (χ4v) is 9.14. The standard InChI is InChI=1S/C23H33NOSi/c1-22(2,3)26(20-13-7-5-8-14-20,21-15-9-6-10-16-21)25-23(4)17-11-12-18-24-19-23/h5-10,13-16,24H,11-12,17-19H2,1-4H3. The van der Waals surface area contributed by atoms with Crippen molar-refractivity contribution in [1.82, 2.24) is 5.32 Å². The van der Waals surface area contributed by atoms with E-state index in [-0.39, 0.29) is 10.6 Å². The molecule has 1 unspecified atom stereocenters. The molecule has 26 heavy (non-hydrogen) atoms. The lowest BCUT2D eigenvalue weighted by Gasteiger charge is -2.48. The molecule has 3 rings (SSSR count). The van der Waals surface area contributed by atoms with Crippen LogP contribution in [0, 0.1) is 0 Å². The third-order valence-electron chi connectivity index (χ3n) is 5.62. The van der Waals surface area contributed by atoms with Crippen LogP contribution < -0.4 is 15.7 Å². The highest BCUT2D eigenvalue weighted by atomic mass is 28.4. The first-order valence-corrected chi connectivity index (χ1v) is 11.8. The highest BCUT2D eigenvalue weighted by molar-refractivity contribution is 6.99. The Morgan fingerprint density at radius 1 is 0.885 bits per heavy atom. The molecule has 1 aliphatic rings. The Kier molecular flexibility index (Phi) is 5.71. The van der Waals surface area contributed by atoms with E-state index >= 15 is 0 Å². The van der Waals surface area contributed by atoms with Gasteiger partial charge in [-0.05, 0) is 48.1 Å². The maximum Gasteiger partial charge on any atom is 0.261 e. The molecule has 0 radical (unpaired) electrons. The number of hydrogen-bond donors (Lipinski definition) is 1. The SMILES string of the molecule is CC1(O[Si](c2ccccc2)(c2ccccc2)C(C)(C)C)CCCCNC1. The highest BCUT2D eigenvalue weighted by Crippen LogP contribution is 2.40. The minimum atomic E-state index is -2.47. The molecule has 3 heteroatoms. The average Bonchev–Trinajstić information content (AvgIpc) is 2.85. The molecule has 1 atom stereocenters. The van der Waals surface area contributed by atoms with Crippen molar-refractivity contribution in [2.75, 3.05) is 13.1 Å². The van der Waals surface area contributed by atoms with E-state index in [9.17, 15) is 0 Å². The normalized spacial score (nSPS) is 22.0. The molecular weight excluding hydrogens is 334 g/mol. The molecule has 0 spiro atoms. The molecule has 1 heterocycles. The third-order valence-corrected chi connectivity index (χ3v) is 10.8. The third kappa shape index (κ3) is 3.80. The van der Waals surface area contributed by atoms with Gasteiger partial charge in [-0.1, -0.05) is 81.4 Å². The second kappa shape index (κ2) is 7.67. The van der Waals surface area contributed by atoms with Gasteiger partial charge in [0, 0.05) is 6.54 Å². The molecule has 2 nitrogen and oxygen atoms in total. The predicted molar refractivity (Wildman–Crippen MR) is 114 cm³/mol. The Balaban J connectivity index is 2.17. The van der Waals surface area contributed by atoms with Crippen molar-refractivity contribution < 1.29 is 4.43 Å². The summed E-state index contributed by atoms with van der Waals surface area (Å²) in [5.41, 5.74) is -0.137. The van der Waals surface area contributed by atoms with Crippen LogP contribution in [0.2, 0.25) is 5.04 Å². The molecule has 140 valence electrons. The minimum absolute atomic E-state index is 0.0328. The van der Waals surface area contributed by atoms with Gasteiger partial charge in [-0.2, -0.15) is 0 Å². The van der Waals surface area contributed by atoms with Crippen LogP contribution in [0.4, 0.5) is 0 Å². The minimum Gasteiger partial charge on any atom is -0.401 e. The molecule has 2 aromatic carbocycles. The summed E-state index contributed by atoms with van der Waals surface area (Å²) >= 11 is 0. The Bertz CT molecular complexity index is 646. The van der Waals surface area contributed by atoms with Crippen LogP contribution in [0.1, 0.15) is 47.0 Å². The van der Waals surface area contributed by atoms with Gasteiger partial charge in [0.05, 0.1) is 5.60 Å². The Hall–Kier alpha value is -1.42. The van der Waals surface area contributed by atoms with Gasteiger partial charge in [-0.3, -0.25) is 0 Å². The monoisotopic (exact) mass is 367 g/mol. The number of benzene rings is 2. The zero-order valence-electron chi connectivity index (χ0n) is 16.7. The van der Waals surface area contributed by atoms with Gasteiger partial charge in [-0.15, -0.1) is 0 Å².